The van der Waals surface area contributed by atoms with E-state index in [9.17, 15) is 8.78 Å². The van der Waals surface area contributed by atoms with Crippen molar-refractivity contribution in [3.8, 4) is 5.88 Å². The minimum atomic E-state index is -1.11. The molecule has 2 unspecified atom stereocenters. The fourth-order valence-corrected chi connectivity index (χ4v) is 1.42. The zero-order valence-electron chi connectivity index (χ0n) is 11.7. The normalized spacial score (nSPS) is 15.2. The highest BCUT2D eigenvalue weighted by Crippen LogP contribution is 2.20. The Kier molecular flexibility index (Phi) is 6.11. The third-order valence-electron chi connectivity index (χ3n) is 2.56. The predicted octanol–water partition coefficient (Wildman–Crippen LogP) is 3.21. The minimum Gasteiger partial charge on any atom is -0.467 e. The third-order valence-corrected chi connectivity index (χ3v) is 2.56. The first-order chi connectivity index (χ1) is 9.43. The summed E-state index contributed by atoms with van der Waals surface area (Å²) in [6.07, 6.45) is 3.32. The van der Waals surface area contributed by atoms with Crippen LogP contribution in [0.15, 0.2) is 36.3 Å². The fourth-order valence-electron chi connectivity index (χ4n) is 1.42. The van der Waals surface area contributed by atoms with Crippen LogP contribution in [0.1, 0.15) is 19.4 Å². The van der Waals surface area contributed by atoms with Gasteiger partial charge in [-0.2, -0.15) is 0 Å². The van der Waals surface area contributed by atoms with Crippen LogP contribution in [0.5, 0.6) is 5.88 Å². The molecule has 110 valence electrons. The summed E-state index contributed by atoms with van der Waals surface area (Å²) in [6.45, 7) is 4.73. The summed E-state index contributed by atoms with van der Waals surface area (Å²) < 4.78 is 31.6. The molecule has 1 heterocycles. The fraction of sp³-hybridized carbons (Fsp3) is 0.357. The van der Waals surface area contributed by atoms with Crippen molar-refractivity contribution in [2.75, 3.05) is 5.43 Å². The molecule has 6 heteroatoms. The van der Waals surface area contributed by atoms with Crippen molar-refractivity contribution >= 4 is 5.69 Å². The van der Waals surface area contributed by atoms with Crippen LogP contribution in [0.25, 0.3) is 0 Å². The number of anilines is 1. The van der Waals surface area contributed by atoms with Gasteiger partial charge < -0.3 is 10.2 Å². The number of rotatable bonds is 6. The number of halogens is 2. The molecule has 0 radical (unpaired) electrons. The van der Waals surface area contributed by atoms with E-state index in [0.717, 1.165) is 5.56 Å². The van der Waals surface area contributed by atoms with Crippen molar-refractivity contribution in [3.05, 3.63) is 41.9 Å². The number of hydrogen-bond acceptors (Lipinski definition) is 4. The summed E-state index contributed by atoms with van der Waals surface area (Å²) in [5, 5.41) is 0. The summed E-state index contributed by atoms with van der Waals surface area (Å²) in [6, 6.07) is 1.65. The average molecular weight is 283 g/mol. The standard InChI is InChI=1S/C14H19F2N3O/c1-9-7-14(18-8-13(9)19-17)20-11(3)12(16)6-4-5-10(2)15/h4-8,10-11,19H,17H2,1-3H3/b5-4-,12-6+. The molecule has 3 N–H and O–H groups in total. The molecule has 0 aromatic carbocycles. The molecule has 0 aliphatic carbocycles. The number of nitrogens with one attached hydrogen (secondary N) is 1. The quantitative estimate of drug-likeness (QED) is 0.478. The average Bonchev–Trinajstić information content (AvgIpc) is 2.38. The number of ether oxygens (including phenoxy) is 1. The highest BCUT2D eigenvalue weighted by molar-refractivity contribution is 5.49. The zero-order chi connectivity index (χ0) is 15.1. The highest BCUT2D eigenvalue weighted by Gasteiger charge is 2.11. The lowest BCUT2D eigenvalue weighted by Crippen LogP contribution is -2.14. The smallest absolute Gasteiger partial charge is 0.214 e. The van der Waals surface area contributed by atoms with Crippen LogP contribution in [0, 0.1) is 6.92 Å². The van der Waals surface area contributed by atoms with Crippen LogP contribution >= 0.6 is 0 Å². The molecule has 4 nitrogen and oxygen atoms in total. The van der Waals surface area contributed by atoms with E-state index < -0.39 is 18.1 Å². The van der Waals surface area contributed by atoms with E-state index in [4.69, 9.17) is 10.6 Å². The molecule has 2 atom stereocenters. The summed E-state index contributed by atoms with van der Waals surface area (Å²) in [5.74, 6) is 5.07. The molecule has 0 saturated heterocycles. The van der Waals surface area contributed by atoms with Crippen molar-refractivity contribution in [1.29, 1.82) is 0 Å². The van der Waals surface area contributed by atoms with Gasteiger partial charge in [-0.1, -0.05) is 12.2 Å². The number of pyridine rings is 1. The maximum absolute atomic E-state index is 13.7. The van der Waals surface area contributed by atoms with Crippen LogP contribution in [-0.2, 0) is 0 Å². The van der Waals surface area contributed by atoms with Gasteiger partial charge in [0.05, 0.1) is 11.9 Å². The molecule has 1 aromatic rings. The van der Waals surface area contributed by atoms with Gasteiger partial charge in [0.25, 0.3) is 0 Å². The first-order valence-corrected chi connectivity index (χ1v) is 6.22. The van der Waals surface area contributed by atoms with Crippen molar-refractivity contribution in [2.24, 2.45) is 5.84 Å². The molecular formula is C14H19F2N3O. The summed E-state index contributed by atoms with van der Waals surface area (Å²) in [5.41, 5.74) is 3.99. The Labute approximate surface area is 117 Å². The Hall–Kier alpha value is -1.95. The first kappa shape index (κ1) is 16.1. The number of allylic oxidation sites excluding steroid dienone is 3. The largest absolute Gasteiger partial charge is 0.467 e. The number of nitrogen functional groups attached to an aromatic ring is 1. The van der Waals surface area contributed by atoms with E-state index in [2.05, 4.69) is 10.4 Å². The number of nitrogens with zero attached hydrogens (tertiary/aromatic N) is 1. The van der Waals surface area contributed by atoms with Gasteiger partial charge in [-0.3, -0.25) is 5.84 Å². The lowest BCUT2D eigenvalue weighted by molar-refractivity contribution is 0.218. The van der Waals surface area contributed by atoms with Gasteiger partial charge in [-0.05, 0) is 32.4 Å². The molecule has 0 fully saturated rings. The maximum Gasteiger partial charge on any atom is 0.214 e. The molecule has 0 bridgehead atoms. The molecule has 1 aromatic heterocycles. The summed E-state index contributed by atoms with van der Waals surface area (Å²) in [4.78, 5) is 4.00. The van der Waals surface area contributed by atoms with Crippen LogP contribution < -0.4 is 16.0 Å². The number of aryl methyl sites for hydroxylation is 1. The van der Waals surface area contributed by atoms with E-state index in [0.29, 0.717) is 11.6 Å². The second-order valence-electron chi connectivity index (χ2n) is 4.36. The lowest BCUT2D eigenvalue weighted by atomic mass is 10.2. The Balaban J connectivity index is 2.70. The van der Waals surface area contributed by atoms with Crippen molar-refractivity contribution < 1.29 is 13.5 Å². The number of alkyl halides is 1. The van der Waals surface area contributed by atoms with E-state index in [1.54, 1.807) is 13.0 Å². The van der Waals surface area contributed by atoms with Crippen molar-refractivity contribution in [1.82, 2.24) is 4.98 Å². The van der Waals surface area contributed by atoms with E-state index in [1.165, 1.54) is 31.3 Å². The number of hydrogen-bond donors (Lipinski definition) is 2. The molecule has 0 spiro atoms. The second kappa shape index (κ2) is 7.59. The Morgan fingerprint density at radius 1 is 1.50 bits per heavy atom. The summed E-state index contributed by atoms with van der Waals surface area (Å²) >= 11 is 0. The molecule has 0 amide bonds. The number of nitrogens with two attached hydrogens (primary N) is 1. The minimum absolute atomic E-state index is 0.292. The van der Waals surface area contributed by atoms with Crippen molar-refractivity contribution in [3.63, 3.8) is 0 Å². The Morgan fingerprint density at radius 3 is 2.75 bits per heavy atom. The monoisotopic (exact) mass is 283 g/mol. The zero-order valence-corrected chi connectivity index (χ0v) is 11.7. The van der Waals surface area contributed by atoms with Gasteiger partial charge in [0, 0.05) is 6.07 Å². The van der Waals surface area contributed by atoms with E-state index in [1.807, 2.05) is 6.92 Å². The second-order valence-corrected chi connectivity index (χ2v) is 4.36. The number of hydrazine groups is 1. The lowest BCUT2D eigenvalue weighted by Gasteiger charge is -2.13. The van der Waals surface area contributed by atoms with Crippen LogP contribution in [0.2, 0.25) is 0 Å². The first-order valence-electron chi connectivity index (χ1n) is 6.22. The molecule has 0 aliphatic heterocycles. The third kappa shape index (κ3) is 4.97. The van der Waals surface area contributed by atoms with Gasteiger partial charge in [-0.25, -0.2) is 13.8 Å². The van der Waals surface area contributed by atoms with E-state index in [-0.39, 0.29) is 0 Å². The van der Waals surface area contributed by atoms with Crippen molar-refractivity contribution in [2.45, 2.75) is 33.0 Å². The molecule has 20 heavy (non-hydrogen) atoms. The molecule has 1 rings (SSSR count). The van der Waals surface area contributed by atoms with Crippen LogP contribution in [0.4, 0.5) is 14.5 Å². The maximum atomic E-state index is 13.7. The topological polar surface area (TPSA) is 60.2 Å². The van der Waals surface area contributed by atoms with Gasteiger partial charge in [0.15, 0.2) is 0 Å². The SMILES string of the molecule is Cc1cc(OC(C)/C(F)=C\C=C/C(C)F)ncc1NN. The predicted molar refractivity (Wildman–Crippen MR) is 75.8 cm³/mol. The van der Waals surface area contributed by atoms with Gasteiger partial charge in [0.1, 0.15) is 18.1 Å². The molecule has 0 aliphatic rings. The van der Waals surface area contributed by atoms with Crippen LogP contribution in [0.3, 0.4) is 0 Å². The van der Waals surface area contributed by atoms with Gasteiger partial charge in [0.2, 0.25) is 5.88 Å². The van der Waals surface area contributed by atoms with E-state index >= 15 is 0 Å². The summed E-state index contributed by atoms with van der Waals surface area (Å²) in [7, 11) is 0. The van der Waals surface area contributed by atoms with Crippen LogP contribution in [-0.4, -0.2) is 17.3 Å². The Bertz CT molecular complexity index is 501. The molecule has 0 saturated carbocycles. The van der Waals surface area contributed by atoms with Gasteiger partial charge >= 0.3 is 0 Å². The molecular weight excluding hydrogens is 264 g/mol. The Morgan fingerprint density at radius 2 is 2.20 bits per heavy atom. The number of aromatic nitrogens is 1. The van der Waals surface area contributed by atoms with Gasteiger partial charge in [-0.15, -0.1) is 0 Å². The highest BCUT2D eigenvalue weighted by atomic mass is 19.1.